The minimum atomic E-state index is -0.126. The molecule has 0 bridgehead atoms. The number of carbonyl (C=O) groups excluding carboxylic acids is 2. The fourth-order valence-corrected chi connectivity index (χ4v) is 3.86. The van der Waals surface area contributed by atoms with Gasteiger partial charge in [0.05, 0.1) is 25.8 Å². The fraction of sp³-hybridized carbons (Fsp3) is 0.217. The summed E-state index contributed by atoms with van der Waals surface area (Å²) in [4.78, 5) is 26.3. The Kier molecular flexibility index (Phi) is 6.15. The molecule has 3 rings (SSSR count). The predicted molar refractivity (Wildman–Crippen MR) is 117 cm³/mol. The van der Waals surface area contributed by atoms with Crippen molar-refractivity contribution < 1.29 is 14.3 Å². The van der Waals surface area contributed by atoms with E-state index >= 15 is 0 Å². The number of amides is 1. The SMILES string of the molecule is C/C=C/c1cc(CN2C(=O)CC(C=O)=C(Br)c3ccc(OC)cc32)ccc1C. The molecule has 1 heterocycles. The summed E-state index contributed by atoms with van der Waals surface area (Å²) in [5.74, 6) is 0.532. The maximum Gasteiger partial charge on any atom is 0.231 e. The van der Waals surface area contributed by atoms with Crippen LogP contribution in [0.15, 0.2) is 48.0 Å². The molecular weight excluding hydrogens is 418 g/mol. The van der Waals surface area contributed by atoms with Crippen LogP contribution in [0.2, 0.25) is 0 Å². The number of aldehydes is 1. The van der Waals surface area contributed by atoms with Gasteiger partial charge in [0.15, 0.2) is 0 Å². The van der Waals surface area contributed by atoms with Gasteiger partial charge in [0.2, 0.25) is 5.91 Å². The van der Waals surface area contributed by atoms with Gasteiger partial charge in [-0.2, -0.15) is 0 Å². The Labute approximate surface area is 173 Å². The Morgan fingerprint density at radius 2 is 2.00 bits per heavy atom. The Bertz CT molecular complexity index is 991. The summed E-state index contributed by atoms with van der Waals surface area (Å²) in [5.41, 5.74) is 5.29. The Morgan fingerprint density at radius 1 is 1.21 bits per heavy atom. The summed E-state index contributed by atoms with van der Waals surface area (Å²) in [7, 11) is 1.59. The number of anilines is 1. The molecule has 0 radical (unpaired) electrons. The zero-order valence-corrected chi connectivity index (χ0v) is 17.7. The highest BCUT2D eigenvalue weighted by Crippen LogP contribution is 2.40. The summed E-state index contributed by atoms with van der Waals surface area (Å²) < 4.78 is 6.01. The van der Waals surface area contributed by atoms with Crippen LogP contribution < -0.4 is 9.64 Å². The number of fused-ring (bicyclic) bond motifs is 1. The third kappa shape index (κ3) is 3.94. The van der Waals surface area contributed by atoms with Crippen LogP contribution in [0.5, 0.6) is 5.75 Å². The summed E-state index contributed by atoms with van der Waals surface area (Å²) in [6.45, 7) is 4.46. The Morgan fingerprint density at radius 3 is 2.68 bits per heavy atom. The molecule has 0 saturated carbocycles. The first kappa shape index (κ1) is 20.1. The van der Waals surface area contributed by atoms with Crippen molar-refractivity contribution in [3.05, 3.63) is 70.3 Å². The van der Waals surface area contributed by atoms with Crippen molar-refractivity contribution in [1.29, 1.82) is 0 Å². The standard InChI is InChI=1S/C23H22BrNO3/c1-4-5-17-10-16(7-6-15(17)2)13-25-21-12-19(28-3)8-9-20(21)23(24)18(14-26)11-22(25)27/h4-10,12,14H,11,13H2,1-3H3/b5-4+. The molecule has 0 fully saturated rings. The number of hydrogen-bond donors (Lipinski definition) is 0. The average molecular weight is 440 g/mol. The molecule has 2 aromatic rings. The van der Waals surface area contributed by atoms with E-state index < -0.39 is 0 Å². The monoisotopic (exact) mass is 439 g/mol. The summed E-state index contributed by atoms with van der Waals surface area (Å²) in [6.07, 6.45) is 4.85. The first-order chi connectivity index (χ1) is 13.5. The van der Waals surface area contributed by atoms with Gasteiger partial charge in [-0.3, -0.25) is 9.59 Å². The van der Waals surface area contributed by atoms with Gasteiger partial charge in [0, 0.05) is 21.7 Å². The third-order valence-electron chi connectivity index (χ3n) is 4.83. The Hall–Kier alpha value is -2.66. The summed E-state index contributed by atoms with van der Waals surface area (Å²) >= 11 is 3.51. The van der Waals surface area contributed by atoms with Crippen molar-refractivity contribution in [3.8, 4) is 5.75 Å². The number of hydrogen-bond acceptors (Lipinski definition) is 3. The number of halogens is 1. The van der Waals surface area contributed by atoms with E-state index in [1.165, 1.54) is 5.56 Å². The molecule has 1 aliphatic rings. The van der Waals surface area contributed by atoms with Crippen molar-refractivity contribution in [2.45, 2.75) is 26.8 Å². The zero-order chi connectivity index (χ0) is 20.3. The number of nitrogens with zero attached hydrogens (tertiary/aromatic N) is 1. The van der Waals surface area contributed by atoms with Crippen molar-refractivity contribution in [1.82, 2.24) is 0 Å². The smallest absolute Gasteiger partial charge is 0.231 e. The molecule has 2 aromatic carbocycles. The predicted octanol–water partition coefficient (Wildman–Crippen LogP) is 5.28. The number of ether oxygens (including phenoxy) is 1. The molecule has 4 nitrogen and oxygen atoms in total. The second-order valence-electron chi connectivity index (χ2n) is 6.69. The molecule has 1 amide bonds. The number of methoxy groups -OCH3 is 1. The van der Waals surface area contributed by atoms with E-state index in [4.69, 9.17) is 4.74 Å². The number of allylic oxidation sites excluding steroid dienone is 1. The van der Waals surface area contributed by atoms with Crippen LogP contribution in [0, 0.1) is 6.92 Å². The quantitative estimate of drug-likeness (QED) is 0.595. The molecule has 0 aromatic heterocycles. The van der Waals surface area contributed by atoms with Gasteiger partial charge in [0.25, 0.3) is 0 Å². The fourth-order valence-electron chi connectivity index (χ4n) is 3.29. The zero-order valence-electron chi connectivity index (χ0n) is 16.2. The van der Waals surface area contributed by atoms with E-state index in [2.05, 4.69) is 41.1 Å². The van der Waals surface area contributed by atoms with Gasteiger partial charge in [-0.15, -0.1) is 0 Å². The van der Waals surface area contributed by atoms with E-state index in [0.717, 1.165) is 28.7 Å². The van der Waals surface area contributed by atoms with Crippen LogP contribution in [0.4, 0.5) is 5.69 Å². The summed E-state index contributed by atoms with van der Waals surface area (Å²) in [6, 6.07) is 11.7. The van der Waals surface area contributed by atoms with E-state index in [9.17, 15) is 9.59 Å². The van der Waals surface area contributed by atoms with Crippen molar-refractivity contribution in [3.63, 3.8) is 0 Å². The van der Waals surface area contributed by atoms with Crippen molar-refractivity contribution in [2.24, 2.45) is 0 Å². The lowest BCUT2D eigenvalue weighted by Crippen LogP contribution is -2.30. The number of rotatable bonds is 5. The van der Waals surface area contributed by atoms with Gasteiger partial charge in [0.1, 0.15) is 12.0 Å². The van der Waals surface area contributed by atoms with Crippen molar-refractivity contribution in [2.75, 3.05) is 12.0 Å². The molecule has 0 aliphatic carbocycles. The largest absolute Gasteiger partial charge is 0.497 e. The molecule has 0 saturated heterocycles. The van der Waals surface area contributed by atoms with Gasteiger partial charge >= 0.3 is 0 Å². The highest BCUT2D eigenvalue weighted by Gasteiger charge is 2.27. The van der Waals surface area contributed by atoms with Crippen molar-refractivity contribution >= 4 is 44.4 Å². The molecule has 0 unspecified atom stereocenters. The van der Waals surface area contributed by atoms with E-state index in [1.54, 1.807) is 12.0 Å². The van der Waals surface area contributed by atoms with Crippen LogP contribution in [0.3, 0.4) is 0 Å². The van der Waals surface area contributed by atoms with Crippen LogP contribution in [0.25, 0.3) is 10.6 Å². The molecule has 1 aliphatic heterocycles. The van der Waals surface area contributed by atoms with Crippen LogP contribution >= 0.6 is 15.9 Å². The number of benzene rings is 2. The first-order valence-electron chi connectivity index (χ1n) is 9.03. The molecular formula is C23H22BrNO3. The van der Waals surface area contributed by atoms with Gasteiger partial charge in [-0.05, 0) is 64.7 Å². The lowest BCUT2D eigenvalue weighted by Gasteiger charge is -2.24. The number of carbonyl (C=O) groups is 2. The van der Waals surface area contributed by atoms with Gasteiger partial charge in [-0.25, -0.2) is 0 Å². The van der Waals surface area contributed by atoms with E-state index in [0.29, 0.717) is 22.3 Å². The summed E-state index contributed by atoms with van der Waals surface area (Å²) in [5, 5.41) is 0. The topological polar surface area (TPSA) is 46.6 Å². The molecule has 144 valence electrons. The van der Waals surface area contributed by atoms with Gasteiger partial charge < -0.3 is 9.64 Å². The number of aryl methyl sites for hydroxylation is 1. The highest BCUT2D eigenvalue weighted by molar-refractivity contribution is 9.15. The average Bonchev–Trinajstić information content (AvgIpc) is 2.80. The normalized spacial score (nSPS) is 14.3. The third-order valence-corrected chi connectivity index (χ3v) is 5.77. The second-order valence-corrected chi connectivity index (χ2v) is 7.48. The highest BCUT2D eigenvalue weighted by atomic mass is 79.9. The Balaban J connectivity index is 2.09. The second kappa shape index (κ2) is 8.57. The molecule has 0 N–H and O–H groups in total. The van der Waals surface area contributed by atoms with Crippen LogP contribution in [-0.2, 0) is 16.1 Å². The maximum absolute atomic E-state index is 13.0. The van der Waals surface area contributed by atoms with Crippen LogP contribution in [0.1, 0.15) is 35.6 Å². The molecule has 5 heteroatoms. The lowest BCUT2D eigenvalue weighted by molar-refractivity contribution is -0.118. The maximum atomic E-state index is 13.0. The molecule has 28 heavy (non-hydrogen) atoms. The minimum Gasteiger partial charge on any atom is -0.497 e. The van der Waals surface area contributed by atoms with E-state index in [-0.39, 0.29) is 12.3 Å². The molecule has 0 atom stereocenters. The minimum absolute atomic E-state index is 0.0503. The van der Waals surface area contributed by atoms with E-state index in [1.807, 2.05) is 37.3 Å². The van der Waals surface area contributed by atoms with Gasteiger partial charge in [-0.1, -0.05) is 24.3 Å². The first-order valence-corrected chi connectivity index (χ1v) is 9.82. The van der Waals surface area contributed by atoms with Crippen LogP contribution in [-0.4, -0.2) is 19.3 Å². The lowest BCUT2D eigenvalue weighted by atomic mass is 10.0. The molecule has 0 spiro atoms.